The number of hydrogen-bond donors (Lipinski definition) is 1. The summed E-state index contributed by atoms with van der Waals surface area (Å²) in [5.74, 6) is 0.0715. The quantitative estimate of drug-likeness (QED) is 0.575. The van der Waals surface area contributed by atoms with Gasteiger partial charge in [-0.25, -0.2) is 8.42 Å². The molecule has 9 heteroatoms. The molecule has 156 valence electrons. The normalized spacial score (nSPS) is 11.0. The van der Waals surface area contributed by atoms with Gasteiger partial charge < -0.3 is 10.1 Å². The summed E-state index contributed by atoms with van der Waals surface area (Å²) in [5.41, 5.74) is 1.14. The first kappa shape index (κ1) is 21.6. The molecule has 0 atom stereocenters. The molecule has 7 nitrogen and oxygen atoms in total. The van der Waals surface area contributed by atoms with E-state index in [2.05, 4.69) is 10.3 Å². The SMILES string of the molecule is COc1ccc(S(=O)(=O)N(CC(=O)NCc2ccncc2)c2cccc(Cl)c2)cc1. The lowest BCUT2D eigenvalue weighted by Gasteiger charge is -2.24. The molecule has 3 aromatic rings. The van der Waals surface area contributed by atoms with Crippen LogP contribution < -0.4 is 14.4 Å². The van der Waals surface area contributed by atoms with Crippen LogP contribution in [0.15, 0.2) is 78.0 Å². The first-order valence-electron chi connectivity index (χ1n) is 8.98. The number of nitrogens with zero attached hydrogens (tertiary/aromatic N) is 2. The lowest BCUT2D eigenvalue weighted by Crippen LogP contribution is -2.40. The number of anilines is 1. The maximum atomic E-state index is 13.3. The van der Waals surface area contributed by atoms with Crippen molar-refractivity contribution >= 4 is 33.2 Å². The van der Waals surface area contributed by atoms with Crippen molar-refractivity contribution in [3.05, 3.63) is 83.6 Å². The Hall–Kier alpha value is -3.10. The lowest BCUT2D eigenvalue weighted by molar-refractivity contribution is -0.119. The molecule has 30 heavy (non-hydrogen) atoms. The number of amides is 1. The number of nitrogens with one attached hydrogen (secondary N) is 1. The summed E-state index contributed by atoms with van der Waals surface area (Å²) in [6.45, 7) is -0.146. The Kier molecular flexibility index (Phi) is 6.91. The summed E-state index contributed by atoms with van der Waals surface area (Å²) in [6.07, 6.45) is 3.24. The first-order valence-corrected chi connectivity index (χ1v) is 10.8. The Bertz CT molecular complexity index is 1110. The second-order valence-electron chi connectivity index (χ2n) is 6.30. The van der Waals surface area contributed by atoms with E-state index < -0.39 is 22.5 Å². The first-order chi connectivity index (χ1) is 14.4. The standard InChI is InChI=1S/C21H20ClN3O4S/c1-29-19-5-7-20(8-6-19)30(27,28)25(18-4-2-3-17(22)13-18)15-21(26)24-14-16-9-11-23-12-10-16/h2-13H,14-15H2,1H3,(H,24,26). The Morgan fingerprint density at radius 2 is 1.80 bits per heavy atom. The largest absolute Gasteiger partial charge is 0.497 e. The molecule has 0 spiro atoms. The van der Waals surface area contributed by atoms with Gasteiger partial charge in [0.2, 0.25) is 5.91 Å². The van der Waals surface area contributed by atoms with Gasteiger partial charge in [0.05, 0.1) is 17.7 Å². The second kappa shape index (κ2) is 9.60. The highest BCUT2D eigenvalue weighted by atomic mass is 35.5. The average Bonchev–Trinajstić information content (AvgIpc) is 2.76. The van der Waals surface area contributed by atoms with Gasteiger partial charge >= 0.3 is 0 Å². The van der Waals surface area contributed by atoms with Crippen molar-refractivity contribution in [2.75, 3.05) is 18.0 Å². The number of benzene rings is 2. The van der Waals surface area contributed by atoms with Gasteiger partial charge in [-0.2, -0.15) is 0 Å². The number of pyridine rings is 1. The fraction of sp³-hybridized carbons (Fsp3) is 0.143. The van der Waals surface area contributed by atoms with E-state index in [9.17, 15) is 13.2 Å². The van der Waals surface area contributed by atoms with E-state index in [1.54, 1.807) is 54.9 Å². The van der Waals surface area contributed by atoms with Crippen LogP contribution in [0.1, 0.15) is 5.56 Å². The van der Waals surface area contributed by atoms with Crippen molar-refractivity contribution in [1.29, 1.82) is 0 Å². The molecule has 1 heterocycles. The van der Waals surface area contributed by atoms with E-state index >= 15 is 0 Å². The van der Waals surface area contributed by atoms with Crippen LogP contribution in [-0.4, -0.2) is 33.0 Å². The van der Waals surface area contributed by atoms with E-state index in [0.717, 1.165) is 9.87 Å². The summed E-state index contributed by atoms with van der Waals surface area (Å²) >= 11 is 6.06. The van der Waals surface area contributed by atoms with E-state index in [1.807, 2.05) is 0 Å². The minimum atomic E-state index is -4.03. The average molecular weight is 446 g/mol. The van der Waals surface area contributed by atoms with Crippen molar-refractivity contribution in [1.82, 2.24) is 10.3 Å². The molecule has 1 aromatic heterocycles. The third kappa shape index (κ3) is 5.28. The third-order valence-electron chi connectivity index (χ3n) is 4.27. The topological polar surface area (TPSA) is 88.6 Å². The van der Waals surface area contributed by atoms with Crippen LogP contribution in [0.25, 0.3) is 0 Å². The third-order valence-corrected chi connectivity index (χ3v) is 6.29. The Balaban J connectivity index is 1.87. The fourth-order valence-corrected chi connectivity index (χ4v) is 4.31. The number of hydrogen-bond acceptors (Lipinski definition) is 5. The Morgan fingerprint density at radius 1 is 1.10 bits per heavy atom. The van der Waals surface area contributed by atoms with Gasteiger partial charge in [-0.05, 0) is 60.2 Å². The van der Waals surface area contributed by atoms with Crippen molar-refractivity contribution in [3.63, 3.8) is 0 Å². The van der Waals surface area contributed by atoms with Crippen molar-refractivity contribution in [3.8, 4) is 5.75 Å². The lowest BCUT2D eigenvalue weighted by atomic mass is 10.3. The summed E-state index contributed by atoms with van der Waals surface area (Å²) in [7, 11) is -2.53. The zero-order valence-electron chi connectivity index (χ0n) is 16.2. The molecule has 0 radical (unpaired) electrons. The smallest absolute Gasteiger partial charge is 0.264 e. The highest BCUT2D eigenvalue weighted by Gasteiger charge is 2.27. The Labute approximate surface area is 180 Å². The molecule has 0 unspecified atom stereocenters. The summed E-state index contributed by atoms with van der Waals surface area (Å²) in [4.78, 5) is 16.5. The number of aromatic nitrogens is 1. The zero-order valence-corrected chi connectivity index (χ0v) is 17.7. The molecule has 0 aliphatic heterocycles. The summed E-state index contributed by atoms with van der Waals surface area (Å²) in [6, 6.07) is 15.8. The minimum Gasteiger partial charge on any atom is -0.497 e. The maximum Gasteiger partial charge on any atom is 0.264 e. The molecular weight excluding hydrogens is 426 g/mol. The van der Waals surface area contributed by atoms with Crippen LogP contribution in [0.5, 0.6) is 5.75 Å². The number of carbonyl (C=O) groups excluding carboxylic acids is 1. The van der Waals surface area contributed by atoms with Crippen LogP contribution in [0, 0.1) is 0 Å². The number of rotatable bonds is 8. The van der Waals surface area contributed by atoms with Gasteiger partial charge in [-0.1, -0.05) is 17.7 Å². The number of halogens is 1. The molecule has 0 saturated carbocycles. The fourth-order valence-electron chi connectivity index (χ4n) is 2.71. The Morgan fingerprint density at radius 3 is 2.43 bits per heavy atom. The monoisotopic (exact) mass is 445 g/mol. The highest BCUT2D eigenvalue weighted by molar-refractivity contribution is 7.92. The van der Waals surface area contributed by atoms with E-state index in [1.165, 1.54) is 25.3 Å². The molecule has 3 rings (SSSR count). The van der Waals surface area contributed by atoms with Crippen molar-refractivity contribution in [2.45, 2.75) is 11.4 Å². The summed E-state index contributed by atoms with van der Waals surface area (Å²) in [5, 5.41) is 3.09. The molecular formula is C21H20ClN3O4S. The molecule has 0 bridgehead atoms. The molecule has 2 aromatic carbocycles. The minimum absolute atomic E-state index is 0.0326. The van der Waals surface area contributed by atoms with E-state index in [-0.39, 0.29) is 17.1 Å². The van der Waals surface area contributed by atoms with Crippen LogP contribution in [0.2, 0.25) is 5.02 Å². The zero-order chi connectivity index (χ0) is 21.6. The summed E-state index contributed by atoms with van der Waals surface area (Å²) < 4.78 is 32.7. The van der Waals surface area contributed by atoms with Gasteiger partial charge in [-0.3, -0.25) is 14.1 Å². The van der Waals surface area contributed by atoms with Crippen LogP contribution in [0.4, 0.5) is 5.69 Å². The van der Waals surface area contributed by atoms with Gasteiger partial charge in [-0.15, -0.1) is 0 Å². The van der Waals surface area contributed by atoms with Crippen LogP contribution in [-0.2, 0) is 21.4 Å². The predicted octanol–water partition coefficient (Wildman–Crippen LogP) is 3.26. The van der Waals surface area contributed by atoms with Crippen LogP contribution in [0.3, 0.4) is 0 Å². The van der Waals surface area contributed by atoms with Gasteiger partial charge in [0.1, 0.15) is 12.3 Å². The van der Waals surface area contributed by atoms with Crippen molar-refractivity contribution in [2.24, 2.45) is 0 Å². The van der Waals surface area contributed by atoms with Gasteiger partial charge in [0.15, 0.2) is 0 Å². The number of sulfonamides is 1. The maximum absolute atomic E-state index is 13.3. The molecule has 0 aliphatic carbocycles. The number of ether oxygens (including phenoxy) is 1. The molecule has 0 fully saturated rings. The molecule has 1 N–H and O–H groups in total. The second-order valence-corrected chi connectivity index (χ2v) is 8.60. The predicted molar refractivity (Wildman–Crippen MR) is 115 cm³/mol. The number of carbonyl (C=O) groups is 1. The molecule has 1 amide bonds. The highest BCUT2D eigenvalue weighted by Crippen LogP contribution is 2.27. The van der Waals surface area contributed by atoms with Crippen molar-refractivity contribution < 1.29 is 17.9 Å². The molecule has 0 aliphatic rings. The number of methoxy groups -OCH3 is 1. The molecule has 0 saturated heterocycles. The van der Waals surface area contributed by atoms with Crippen LogP contribution >= 0.6 is 11.6 Å². The van der Waals surface area contributed by atoms with E-state index in [0.29, 0.717) is 10.8 Å². The van der Waals surface area contributed by atoms with E-state index in [4.69, 9.17) is 16.3 Å². The van der Waals surface area contributed by atoms with Gasteiger partial charge in [0, 0.05) is 24.0 Å². The van der Waals surface area contributed by atoms with Gasteiger partial charge in [0.25, 0.3) is 10.0 Å².